The number of hydrogen-bond donors (Lipinski definition) is 2. The predicted octanol–water partition coefficient (Wildman–Crippen LogP) is -0.187. The summed E-state index contributed by atoms with van der Waals surface area (Å²) in [6.45, 7) is 0. The largest absolute Gasteiger partial charge is 0.329 e. The number of rotatable bonds is 1. The third-order valence-corrected chi connectivity index (χ3v) is 2.12. The molecule has 1 aromatic rings. The number of imide groups is 1. The molecule has 0 bridgehead atoms. The van der Waals surface area contributed by atoms with Crippen LogP contribution in [0.15, 0.2) is 24.5 Å². The van der Waals surface area contributed by atoms with Crippen molar-refractivity contribution in [3.8, 4) is 0 Å². The normalized spacial score (nSPS) is 21.4. The summed E-state index contributed by atoms with van der Waals surface area (Å²) >= 11 is 0. The average molecular weight is 206 g/mol. The summed E-state index contributed by atoms with van der Waals surface area (Å²) in [6.07, 6.45) is 2.59. The first-order chi connectivity index (χ1) is 7.18. The van der Waals surface area contributed by atoms with Crippen LogP contribution < -0.4 is 16.0 Å². The molecule has 6 nitrogen and oxygen atoms in total. The molecule has 3 N–H and O–H groups in total. The smallest absolute Gasteiger partial charge is 0.310 e. The van der Waals surface area contributed by atoms with Gasteiger partial charge in [0.1, 0.15) is 0 Å². The zero-order valence-electron chi connectivity index (χ0n) is 7.88. The first-order valence-corrected chi connectivity index (χ1v) is 4.47. The molecular formula is C9H10N4O2. The van der Waals surface area contributed by atoms with Gasteiger partial charge in [0, 0.05) is 6.20 Å². The number of nitrogens with one attached hydrogen (secondary N) is 1. The topological polar surface area (TPSA) is 88.3 Å². The van der Waals surface area contributed by atoms with Crippen molar-refractivity contribution in [3.63, 3.8) is 0 Å². The van der Waals surface area contributed by atoms with Gasteiger partial charge >= 0.3 is 6.03 Å². The van der Waals surface area contributed by atoms with Crippen molar-refractivity contribution in [1.82, 2.24) is 10.3 Å². The van der Waals surface area contributed by atoms with Gasteiger partial charge in [-0.25, -0.2) is 4.79 Å². The van der Waals surface area contributed by atoms with Gasteiger partial charge in [0.2, 0.25) is 5.91 Å². The highest BCUT2D eigenvalue weighted by molar-refractivity contribution is 6.06. The highest BCUT2D eigenvalue weighted by Gasteiger charge is 2.30. The number of anilines is 1. The Hall–Kier alpha value is -1.95. The molecule has 1 aromatic heterocycles. The van der Waals surface area contributed by atoms with E-state index in [0.717, 1.165) is 0 Å². The Morgan fingerprint density at radius 2 is 2.33 bits per heavy atom. The highest BCUT2D eigenvalue weighted by Crippen LogP contribution is 2.17. The van der Waals surface area contributed by atoms with Crippen LogP contribution in [0, 0.1) is 0 Å². The fourth-order valence-corrected chi connectivity index (χ4v) is 1.47. The minimum absolute atomic E-state index is 0.0979. The van der Waals surface area contributed by atoms with Gasteiger partial charge in [0.25, 0.3) is 0 Å². The lowest BCUT2D eigenvalue weighted by atomic mass is 10.2. The maximum atomic E-state index is 11.5. The highest BCUT2D eigenvalue weighted by atomic mass is 16.2. The molecule has 1 atom stereocenters. The number of amides is 3. The number of aromatic nitrogens is 1. The molecule has 1 fully saturated rings. The second-order valence-electron chi connectivity index (χ2n) is 3.21. The summed E-state index contributed by atoms with van der Waals surface area (Å²) in [5.74, 6) is -0.354. The quantitative estimate of drug-likeness (QED) is 0.666. The zero-order valence-corrected chi connectivity index (χ0v) is 7.88. The summed E-state index contributed by atoms with van der Waals surface area (Å²) < 4.78 is 0. The second kappa shape index (κ2) is 3.66. The first-order valence-electron chi connectivity index (χ1n) is 4.47. The molecule has 0 aromatic carbocycles. The number of carbonyl (C=O) groups excluding carboxylic acids is 2. The SMILES string of the molecule is NC1CC(=O)NC(=O)N1c1cccnc1. The molecule has 0 spiro atoms. The molecule has 2 rings (SSSR count). The molecule has 78 valence electrons. The molecule has 1 aliphatic rings. The lowest BCUT2D eigenvalue weighted by molar-refractivity contribution is -0.120. The van der Waals surface area contributed by atoms with Crippen molar-refractivity contribution in [2.75, 3.05) is 4.90 Å². The average Bonchev–Trinajstić information content (AvgIpc) is 2.17. The third kappa shape index (κ3) is 1.79. The van der Waals surface area contributed by atoms with Crippen LogP contribution >= 0.6 is 0 Å². The van der Waals surface area contributed by atoms with Gasteiger partial charge in [-0.1, -0.05) is 0 Å². The second-order valence-corrected chi connectivity index (χ2v) is 3.21. The Labute approximate surface area is 86.1 Å². The maximum Gasteiger partial charge on any atom is 0.329 e. The molecule has 0 aliphatic carbocycles. The van der Waals surface area contributed by atoms with Crippen molar-refractivity contribution < 1.29 is 9.59 Å². The molecule has 1 unspecified atom stereocenters. The Balaban J connectivity index is 2.29. The standard InChI is InChI=1S/C9H10N4O2/c10-7-4-8(14)12-9(15)13(7)6-2-1-3-11-5-6/h1-3,5,7H,4,10H2,(H,12,14,15). The van der Waals surface area contributed by atoms with E-state index >= 15 is 0 Å². The first kappa shape index (κ1) is 9.60. The van der Waals surface area contributed by atoms with Gasteiger partial charge in [-0.15, -0.1) is 0 Å². The van der Waals surface area contributed by atoms with Crippen LogP contribution in [-0.2, 0) is 4.79 Å². The lowest BCUT2D eigenvalue weighted by Crippen LogP contribution is -2.58. The molecule has 3 amide bonds. The van der Waals surface area contributed by atoms with Crippen molar-refractivity contribution in [2.45, 2.75) is 12.6 Å². The monoisotopic (exact) mass is 206 g/mol. The van der Waals surface area contributed by atoms with Crippen LogP contribution in [0.5, 0.6) is 0 Å². The molecule has 6 heteroatoms. The Bertz CT molecular complexity index is 392. The van der Waals surface area contributed by atoms with Crippen LogP contribution in [0.3, 0.4) is 0 Å². The Kier molecular flexibility index (Phi) is 2.34. The Morgan fingerprint density at radius 3 is 2.93 bits per heavy atom. The number of pyridine rings is 1. The van der Waals surface area contributed by atoms with Crippen LogP contribution in [0.1, 0.15) is 6.42 Å². The fraction of sp³-hybridized carbons (Fsp3) is 0.222. The van der Waals surface area contributed by atoms with E-state index in [9.17, 15) is 9.59 Å². The number of carbonyl (C=O) groups is 2. The van der Waals surface area contributed by atoms with E-state index in [-0.39, 0.29) is 12.3 Å². The summed E-state index contributed by atoms with van der Waals surface area (Å²) in [5.41, 5.74) is 6.29. The van der Waals surface area contributed by atoms with E-state index in [1.54, 1.807) is 18.3 Å². The minimum Gasteiger partial charge on any atom is -0.310 e. The van der Waals surface area contributed by atoms with E-state index in [0.29, 0.717) is 5.69 Å². The third-order valence-electron chi connectivity index (χ3n) is 2.12. The van der Waals surface area contributed by atoms with E-state index in [4.69, 9.17) is 5.73 Å². The van der Waals surface area contributed by atoms with Gasteiger partial charge in [-0.2, -0.15) is 0 Å². The summed E-state index contributed by atoms with van der Waals surface area (Å²) in [4.78, 5) is 27.7. The molecule has 1 aliphatic heterocycles. The summed E-state index contributed by atoms with van der Waals surface area (Å²) in [5, 5.41) is 2.20. The predicted molar refractivity (Wildman–Crippen MR) is 52.8 cm³/mol. The van der Waals surface area contributed by atoms with E-state index in [1.807, 2.05) is 0 Å². The number of hydrogen-bond acceptors (Lipinski definition) is 4. The van der Waals surface area contributed by atoms with Crippen molar-refractivity contribution in [3.05, 3.63) is 24.5 Å². The van der Waals surface area contributed by atoms with Gasteiger partial charge in [-0.05, 0) is 12.1 Å². The lowest BCUT2D eigenvalue weighted by Gasteiger charge is -2.31. The van der Waals surface area contributed by atoms with Crippen molar-refractivity contribution in [2.24, 2.45) is 5.73 Å². The van der Waals surface area contributed by atoms with E-state index < -0.39 is 12.2 Å². The molecule has 0 radical (unpaired) electrons. The number of nitrogens with zero attached hydrogens (tertiary/aromatic N) is 2. The maximum absolute atomic E-state index is 11.5. The summed E-state index contributed by atoms with van der Waals surface area (Å²) in [7, 11) is 0. The van der Waals surface area contributed by atoms with E-state index in [2.05, 4.69) is 10.3 Å². The zero-order chi connectivity index (χ0) is 10.8. The van der Waals surface area contributed by atoms with Crippen LogP contribution in [0.25, 0.3) is 0 Å². The molecule has 1 saturated heterocycles. The number of urea groups is 1. The number of nitrogens with two attached hydrogens (primary N) is 1. The van der Waals surface area contributed by atoms with Crippen molar-refractivity contribution >= 4 is 17.6 Å². The van der Waals surface area contributed by atoms with E-state index in [1.165, 1.54) is 11.1 Å². The minimum atomic E-state index is -0.629. The van der Waals surface area contributed by atoms with Crippen LogP contribution in [0.4, 0.5) is 10.5 Å². The molecular weight excluding hydrogens is 196 g/mol. The summed E-state index contributed by atoms with van der Waals surface area (Å²) in [6, 6.07) is 2.90. The van der Waals surface area contributed by atoms with Crippen molar-refractivity contribution in [1.29, 1.82) is 0 Å². The molecule has 0 saturated carbocycles. The Morgan fingerprint density at radius 1 is 1.53 bits per heavy atom. The fourth-order valence-electron chi connectivity index (χ4n) is 1.47. The van der Waals surface area contributed by atoms with Crippen LogP contribution in [-0.4, -0.2) is 23.1 Å². The van der Waals surface area contributed by atoms with Gasteiger partial charge in [0.05, 0.1) is 24.5 Å². The van der Waals surface area contributed by atoms with Crippen LogP contribution in [0.2, 0.25) is 0 Å². The van der Waals surface area contributed by atoms with Gasteiger partial charge in [-0.3, -0.25) is 20.0 Å². The molecule has 15 heavy (non-hydrogen) atoms. The van der Waals surface area contributed by atoms with Gasteiger partial charge in [0.15, 0.2) is 0 Å². The van der Waals surface area contributed by atoms with Gasteiger partial charge < -0.3 is 5.73 Å². The molecule has 2 heterocycles.